The molecule has 0 saturated carbocycles. The van der Waals surface area contributed by atoms with Gasteiger partial charge in [0.15, 0.2) is 0 Å². The second-order valence-electron chi connectivity index (χ2n) is 3.88. The van der Waals surface area contributed by atoms with Crippen LogP contribution in [0.15, 0.2) is 0 Å². The van der Waals surface area contributed by atoms with Crippen LogP contribution >= 0.6 is 12.6 Å². The number of rotatable bonds is 3. The van der Waals surface area contributed by atoms with Gasteiger partial charge >= 0.3 is 0 Å². The van der Waals surface area contributed by atoms with Crippen molar-refractivity contribution in [3.8, 4) is 0 Å². The van der Waals surface area contributed by atoms with Crippen LogP contribution < -0.4 is 0 Å². The van der Waals surface area contributed by atoms with Gasteiger partial charge in [-0.2, -0.15) is 12.6 Å². The van der Waals surface area contributed by atoms with Gasteiger partial charge in [-0.1, -0.05) is 0 Å². The number of amides is 1. The van der Waals surface area contributed by atoms with Gasteiger partial charge in [-0.3, -0.25) is 4.79 Å². The van der Waals surface area contributed by atoms with Crippen LogP contribution in [0.2, 0.25) is 0 Å². The van der Waals surface area contributed by atoms with Crippen LogP contribution in [-0.4, -0.2) is 42.4 Å². The highest BCUT2D eigenvalue weighted by Crippen LogP contribution is 2.14. The van der Waals surface area contributed by atoms with Crippen LogP contribution in [0.5, 0.6) is 0 Å². The molecule has 4 heteroatoms. The molecule has 2 unspecified atom stereocenters. The van der Waals surface area contributed by atoms with E-state index in [1.165, 1.54) is 6.42 Å². The lowest BCUT2D eigenvalue weighted by Crippen LogP contribution is -2.39. The molecule has 3 nitrogen and oxygen atoms in total. The maximum atomic E-state index is 11.5. The Hall–Kier alpha value is -0.220. The van der Waals surface area contributed by atoms with Gasteiger partial charge in [0.25, 0.3) is 0 Å². The molecule has 1 heterocycles. The number of hydrogen-bond donors (Lipinski definition) is 1. The summed E-state index contributed by atoms with van der Waals surface area (Å²) in [6.45, 7) is 3.33. The number of ether oxygens (including phenoxy) is 1. The molecule has 0 aromatic carbocycles. The Morgan fingerprint density at radius 2 is 2.36 bits per heavy atom. The van der Waals surface area contributed by atoms with Crippen molar-refractivity contribution in [3.63, 3.8) is 0 Å². The third-order valence-electron chi connectivity index (χ3n) is 2.49. The molecule has 1 fully saturated rings. The van der Waals surface area contributed by atoms with E-state index in [4.69, 9.17) is 4.74 Å². The third kappa shape index (κ3) is 3.50. The van der Waals surface area contributed by atoms with E-state index in [9.17, 15) is 4.79 Å². The quantitative estimate of drug-likeness (QED) is 0.723. The zero-order valence-corrected chi connectivity index (χ0v) is 9.80. The molecule has 1 saturated heterocycles. The standard InChI is InChI=1S/C10H19NO2S/c1-8(14)10(12)11(2)7-9-5-3-4-6-13-9/h8-9,14H,3-7H2,1-2H3. The predicted octanol–water partition coefficient (Wildman–Crippen LogP) is 1.33. The highest BCUT2D eigenvalue weighted by molar-refractivity contribution is 7.81. The highest BCUT2D eigenvalue weighted by atomic mass is 32.1. The summed E-state index contributed by atoms with van der Waals surface area (Å²) in [5.41, 5.74) is 0. The Morgan fingerprint density at radius 1 is 1.64 bits per heavy atom. The van der Waals surface area contributed by atoms with Crippen molar-refractivity contribution in [3.05, 3.63) is 0 Å². The lowest BCUT2D eigenvalue weighted by atomic mass is 10.1. The Bertz CT molecular complexity index is 191. The molecular weight excluding hydrogens is 198 g/mol. The first kappa shape index (κ1) is 11.9. The average molecular weight is 217 g/mol. The van der Waals surface area contributed by atoms with Gasteiger partial charge in [-0.15, -0.1) is 0 Å². The van der Waals surface area contributed by atoms with Crippen LogP contribution in [0, 0.1) is 0 Å². The van der Waals surface area contributed by atoms with Crippen molar-refractivity contribution >= 4 is 18.5 Å². The summed E-state index contributed by atoms with van der Waals surface area (Å²) < 4.78 is 5.56. The van der Waals surface area contributed by atoms with E-state index >= 15 is 0 Å². The van der Waals surface area contributed by atoms with Crippen molar-refractivity contribution in [1.82, 2.24) is 4.90 Å². The van der Waals surface area contributed by atoms with Gasteiger partial charge in [0.1, 0.15) is 0 Å². The Labute approximate surface area is 91.2 Å². The fraction of sp³-hybridized carbons (Fsp3) is 0.900. The first-order valence-corrected chi connectivity index (χ1v) is 5.67. The summed E-state index contributed by atoms with van der Waals surface area (Å²) in [6, 6.07) is 0. The van der Waals surface area contributed by atoms with E-state index in [1.54, 1.807) is 11.8 Å². The maximum Gasteiger partial charge on any atom is 0.234 e. The molecule has 0 radical (unpaired) electrons. The largest absolute Gasteiger partial charge is 0.376 e. The topological polar surface area (TPSA) is 29.5 Å². The van der Waals surface area contributed by atoms with Crippen molar-refractivity contribution in [2.45, 2.75) is 37.5 Å². The molecule has 1 aliphatic rings. The Balaban J connectivity index is 2.31. The van der Waals surface area contributed by atoms with Crippen molar-refractivity contribution in [2.75, 3.05) is 20.2 Å². The van der Waals surface area contributed by atoms with E-state index in [1.807, 2.05) is 7.05 Å². The molecule has 0 spiro atoms. The number of nitrogens with zero attached hydrogens (tertiary/aromatic N) is 1. The van der Waals surface area contributed by atoms with Gasteiger partial charge in [0, 0.05) is 20.2 Å². The minimum atomic E-state index is -0.219. The fourth-order valence-electron chi connectivity index (χ4n) is 1.67. The maximum absolute atomic E-state index is 11.5. The monoisotopic (exact) mass is 217 g/mol. The third-order valence-corrected chi connectivity index (χ3v) is 2.71. The number of carbonyl (C=O) groups excluding carboxylic acids is 1. The molecule has 0 aromatic rings. The van der Waals surface area contributed by atoms with E-state index in [0.29, 0.717) is 6.54 Å². The first-order chi connectivity index (χ1) is 6.61. The first-order valence-electron chi connectivity index (χ1n) is 5.16. The molecule has 0 N–H and O–H groups in total. The van der Waals surface area contributed by atoms with Crippen LogP contribution in [0.1, 0.15) is 26.2 Å². The molecule has 1 amide bonds. The van der Waals surface area contributed by atoms with E-state index < -0.39 is 0 Å². The summed E-state index contributed by atoms with van der Waals surface area (Å²) in [5, 5.41) is -0.219. The lowest BCUT2D eigenvalue weighted by Gasteiger charge is -2.28. The zero-order chi connectivity index (χ0) is 10.6. The second kappa shape index (κ2) is 5.61. The molecule has 1 aliphatic heterocycles. The SMILES string of the molecule is CC(S)C(=O)N(C)CC1CCCCO1. The minimum absolute atomic E-state index is 0.0718. The van der Waals surface area contributed by atoms with E-state index in [2.05, 4.69) is 12.6 Å². The van der Waals surface area contributed by atoms with Gasteiger partial charge in [0.2, 0.25) is 5.91 Å². The lowest BCUT2D eigenvalue weighted by molar-refractivity contribution is -0.131. The van der Waals surface area contributed by atoms with Crippen molar-refractivity contribution < 1.29 is 9.53 Å². The van der Waals surface area contributed by atoms with E-state index in [-0.39, 0.29) is 17.3 Å². The minimum Gasteiger partial charge on any atom is -0.376 e. The summed E-state index contributed by atoms with van der Waals surface area (Å²) in [4.78, 5) is 13.2. The van der Waals surface area contributed by atoms with Gasteiger partial charge in [-0.05, 0) is 26.2 Å². The summed E-state index contributed by atoms with van der Waals surface area (Å²) in [5.74, 6) is 0.0718. The van der Waals surface area contributed by atoms with Crippen molar-refractivity contribution in [2.24, 2.45) is 0 Å². The predicted molar refractivity (Wildman–Crippen MR) is 59.7 cm³/mol. The molecule has 0 bridgehead atoms. The van der Waals surface area contributed by atoms with Gasteiger partial charge in [-0.25, -0.2) is 0 Å². The van der Waals surface area contributed by atoms with E-state index in [0.717, 1.165) is 19.4 Å². The highest BCUT2D eigenvalue weighted by Gasteiger charge is 2.20. The Morgan fingerprint density at radius 3 is 2.86 bits per heavy atom. The number of hydrogen-bond acceptors (Lipinski definition) is 3. The molecule has 0 aliphatic carbocycles. The number of thiol groups is 1. The molecule has 2 atom stereocenters. The number of likely N-dealkylation sites (N-methyl/N-ethyl adjacent to an activating group) is 1. The van der Waals surface area contributed by atoms with Crippen LogP contribution in [0.25, 0.3) is 0 Å². The Kier molecular flexibility index (Phi) is 4.75. The molecule has 14 heavy (non-hydrogen) atoms. The normalized spacial score (nSPS) is 24.4. The van der Waals surface area contributed by atoms with Gasteiger partial charge in [0.05, 0.1) is 11.4 Å². The summed E-state index contributed by atoms with van der Waals surface area (Å²) in [7, 11) is 1.81. The second-order valence-corrected chi connectivity index (χ2v) is 4.66. The average Bonchev–Trinajstić information content (AvgIpc) is 2.18. The van der Waals surface area contributed by atoms with Crippen molar-refractivity contribution in [1.29, 1.82) is 0 Å². The molecule has 82 valence electrons. The summed E-state index contributed by atoms with van der Waals surface area (Å²) >= 11 is 4.12. The van der Waals surface area contributed by atoms with Crippen LogP contribution in [0.4, 0.5) is 0 Å². The smallest absolute Gasteiger partial charge is 0.234 e. The molecular formula is C10H19NO2S. The van der Waals surface area contributed by atoms with Crippen LogP contribution in [-0.2, 0) is 9.53 Å². The zero-order valence-electron chi connectivity index (χ0n) is 8.90. The van der Waals surface area contributed by atoms with Gasteiger partial charge < -0.3 is 9.64 Å². The number of carbonyl (C=O) groups is 1. The summed E-state index contributed by atoms with van der Waals surface area (Å²) in [6.07, 6.45) is 3.66. The fourth-order valence-corrected chi connectivity index (χ4v) is 1.86. The molecule has 0 aromatic heterocycles. The molecule has 1 rings (SSSR count). The van der Waals surface area contributed by atoms with Crippen LogP contribution in [0.3, 0.4) is 0 Å².